The van der Waals surface area contributed by atoms with Crippen LogP contribution in [0.15, 0.2) is 16.9 Å². The number of halogens is 1. The zero-order chi connectivity index (χ0) is 11.7. The largest absolute Gasteiger partial charge is 0.404 e. The van der Waals surface area contributed by atoms with E-state index in [1.165, 1.54) is 4.68 Å². The molecule has 0 atom stereocenters. The number of thiazole rings is 1. The molecular formula is C8H7BrN4O2S. The third-order valence-corrected chi connectivity index (χ3v) is 3.32. The summed E-state index contributed by atoms with van der Waals surface area (Å²) in [6.07, 6.45) is 3.34. The maximum Gasteiger partial charge on any atom is 0.404 e. The van der Waals surface area contributed by atoms with E-state index < -0.39 is 4.92 Å². The summed E-state index contributed by atoms with van der Waals surface area (Å²) in [5.74, 6) is -0.166. The second-order valence-electron chi connectivity index (χ2n) is 3.10. The molecule has 0 aliphatic carbocycles. The molecule has 2 heterocycles. The van der Waals surface area contributed by atoms with Gasteiger partial charge in [-0.3, -0.25) is 0 Å². The summed E-state index contributed by atoms with van der Waals surface area (Å²) in [6.45, 7) is 2.41. The number of aromatic nitrogens is 3. The van der Waals surface area contributed by atoms with Crippen LogP contribution in [0.2, 0.25) is 0 Å². The van der Waals surface area contributed by atoms with Crippen molar-refractivity contribution in [2.45, 2.75) is 13.5 Å². The number of aryl methyl sites for hydroxylation is 1. The first-order chi connectivity index (χ1) is 7.56. The van der Waals surface area contributed by atoms with E-state index in [0.717, 1.165) is 9.88 Å². The van der Waals surface area contributed by atoms with Gasteiger partial charge in [0.2, 0.25) is 0 Å². The van der Waals surface area contributed by atoms with Crippen molar-refractivity contribution in [1.82, 2.24) is 14.8 Å². The number of hydrogen-bond acceptors (Lipinski definition) is 5. The average molecular weight is 303 g/mol. The summed E-state index contributed by atoms with van der Waals surface area (Å²) in [7, 11) is 0. The van der Waals surface area contributed by atoms with Crippen molar-refractivity contribution in [3.8, 4) is 0 Å². The van der Waals surface area contributed by atoms with E-state index in [9.17, 15) is 10.1 Å². The van der Waals surface area contributed by atoms with E-state index in [0.29, 0.717) is 11.0 Å². The fourth-order valence-electron chi connectivity index (χ4n) is 1.23. The van der Waals surface area contributed by atoms with Gasteiger partial charge in [0.25, 0.3) is 0 Å². The van der Waals surface area contributed by atoms with Gasteiger partial charge < -0.3 is 10.1 Å². The highest BCUT2D eigenvalue weighted by atomic mass is 79.9. The van der Waals surface area contributed by atoms with Gasteiger partial charge in [0.15, 0.2) is 0 Å². The molecule has 2 rings (SSSR count). The minimum absolute atomic E-state index is 0.166. The Hall–Kier alpha value is -1.28. The number of rotatable bonds is 3. The van der Waals surface area contributed by atoms with Crippen LogP contribution in [0.5, 0.6) is 0 Å². The predicted molar refractivity (Wildman–Crippen MR) is 62.5 cm³/mol. The van der Waals surface area contributed by atoms with Gasteiger partial charge in [-0.25, -0.2) is 4.98 Å². The number of hydrogen-bond donors (Lipinski definition) is 0. The lowest BCUT2D eigenvalue weighted by molar-refractivity contribution is -0.390. The first kappa shape index (κ1) is 11.2. The molecule has 2 aromatic rings. The zero-order valence-corrected chi connectivity index (χ0v) is 10.7. The summed E-state index contributed by atoms with van der Waals surface area (Å²) < 4.78 is 1.91. The molecule has 0 spiro atoms. The van der Waals surface area contributed by atoms with Crippen molar-refractivity contribution in [3.63, 3.8) is 0 Å². The molecule has 0 N–H and O–H groups in total. The highest BCUT2D eigenvalue weighted by Gasteiger charge is 2.18. The van der Waals surface area contributed by atoms with Crippen molar-refractivity contribution in [2.24, 2.45) is 0 Å². The van der Waals surface area contributed by atoms with Crippen LogP contribution < -0.4 is 0 Å². The monoisotopic (exact) mass is 302 g/mol. The van der Waals surface area contributed by atoms with Gasteiger partial charge in [-0.1, -0.05) is 0 Å². The van der Waals surface area contributed by atoms with Crippen molar-refractivity contribution in [2.75, 3.05) is 0 Å². The SMILES string of the molecule is Cc1ncc(Cn2cc(Br)c([N+](=O)[O-])n2)s1. The maximum atomic E-state index is 10.6. The molecule has 0 saturated heterocycles. The van der Waals surface area contributed by atoms with Gasteiger partial charge in [-0.05, 0) is 27.8 Å². The lowest BCUT2D eigenvalue weighted by Crippen LogP contribution is -1.99. The van der Waals surface area contributed by atoms with Gasteiger partial charge >= 0.3 is 5.82 Å². The molecule has 0 fully saturated rings. The molecule has 0 aromatic carbocycles. The van der Waals surface area contributed by atoms with Crippen LogP contribution in [0.25, 0.3) is 0 Å². The standard InChI is InChI=1S/C8H7BrN4O2S/c1-5-10-2-6(16-5)3-12-4-7(9)8(11-12)13(14)15/h2,4H,3H2,1H3. The quantitative estimate of drug-likeness (QED) is 0.644. The van der Waals surface area contributed by atoms with Crippen LogP contribution in [0.1, 0.15) is 9.88 Å². The Bertz CT molecular complexity index is 536. The Balaban J connectivity index is 2.22. The second kappa shape index (κ2) is 4.30. The molecule has 0 amide bonds. The number of nitrogens with zero attached hydrogens (tertiary/aromatic N) is 4. The van der Waals surface area contributed by atoms with E-state index in [1.54, 1.807) is 23.7 Å². The van der Waals surface area contributed by atoms with E-state index in [-0.39, 0.29) is 5.82 Å². The lowest BCUT2D eigenvalue weighted by Gasteiger charge is -1.90. The fraction of sp³-hybridized carbons (Fsp3) is 0.250. The Morgan fingerprint density at radius 3 is 2.94 bits per heavy atom. The first-order valence-corrected chi connectivity index (χ1v) is 5.96. The van der Waals surface area contributed by atoms with Crippen molar-refractivity contribution in [1.29, 1.82) is 0 Å². The van der Waals surface area contributed by atoms with Crippen molar-refractivity contribution >= 4 is 33.1 Å². The molecule has 0 aliphatic rings. The van der Waals surface area contributed by atoms with Gasteiger partial charge in [-0.15, -0.1) is 11.3 Å². The lowest BCUT2D eigenvalue weighted by atomic mass is 10.5. The van der Waals surface area contributed by atoms with Gasteiger partial charge in [-0.2, -0.15) is 4.68 Å². The summed E-state index contributed by atoms with van der Waals surface area (Å²) >= 11 is 4.65. The minimum atomic E-state index is -0.515. The highest BCUT2D eigenvalue weighted by Crippen LogP contribution is 2.23. The average Bonchev–Trinajstić information content (AvgIpc) is 2.73. The van der Waals surface area contributed by atoms with Crippen LogP contribution >= 0.6 is 27.3 Å². The van der Waals surface area contributed by atoms with Crippen molar-refractivity contribution < 1.29 is 4.92 Å². The Kier molecular flexibility index (Phi) is 3.01. The summed E-state index contributed by atoms with van der Waals surface area (Å²) in [4.78, 5) is 15.2. The van der Waals surface area contributed by atoms with Crippen LogP contribution in [-0.2, 0) is 6.54 Å². The van der Waals surface area contributed by atoms with Crippen LogP contribution in [0, 0.1) is 17.0 Å². The number of nitro groups is 1. The molecule has 0 aliphatic heterocycles. The third kappa shape index (κ3) is 2.27. The maximum absolute atomic E-state index is 10.6. The van der Waals surface area contributed by atoms with Gasteiger partial charge in [0, 0.05) is 11.1 Å². The molecule has 0 bridgehead atoms. The Morgan fingerprint density at radius 2 is 2.44 bits per heavy atom. The highest BCUT2D eigenvalue weighted by molar-refractivity contribution is 9.10. The Morgan fingerprint density at radius 1 is 1.69 bits per heavy atom. The third-order valence-electron chi connectivity index (χ3n) is 1.86. The molecule has 2 aromatic heterocycles. The second-order valence-corrected chi connectivity index (χ2v) is 5.27. The first-order valence-electron chi connectivity index (χ1n) is 4.35. The summed E-state index contributed by atoms with van der Waals surface area (Å²) in [5, 5.41) is 15.4. The minimum Gasteiger partial charge on any atom is -0.358 e. The smallest absolute Gasteiger partial charge is 0.358 e. The molecule has 0 unspecified atom stereocenters. The molecule has 16 heavy (non-hydrogen) atoms. The Labute approximate surface area is 103 Å². The molecule has 0 saturated carbocycles. The topological polar surface area (TPSA) is 73.8 Å². The molecule has 0 radical (unpaired) electrons. The molecule has 6 nitrogen and oxygen atoms in total. The van der Waals surface area contributed by atoms with Gasteiger partial charge in [0.05, 0.1) is 22.8 Å². The van der Waals surface area contributed by atoms with Crippen molar-refractivity contribution in [3.05, 3.63) is 36.9 Å². The fourth-order valence-corrected chi connectivity index (χ4v) is 2.48. The normalized spacial score (nSPS) is 10.6. The zero-order valence-electron chi connectivity index (χ0n) is 8.25. The predicted octanol–water partition coefficient (Wildman–Crippen LogP) is 2.37. The molecule has 8 heteroatoms. The summed E-state index contributed by atoms with van der Waals surface area (Å²) in [6, 6.07) is 0. The van der Waals surface area contributed by atoms with Gasteiger partial charge in [0.1, 0.15) is 4.47 Å². The molecule has 84 valence electrons. The molecular weight excluding hydrogens is 296 g/mol. The van der Waals surface area contributed by atoms with E-state index in [2.05, 4.69) is 26.0 Å². The van der Waals surface area contributed by atoms with Crippen LogP contribution in [0.3, 0.4) is 0 Å². The van der Waals surface area contributed by atoms with E-state index >= 15 is 0 Å². The van der Waals surface area contributed by atoms with Crippen LogP contribution in [0.4, 0.5) is 5.82 Å². The van der Waals surface area contributed by atoms with E-state index in [1.807, 2.05) is 6.92 Å². The van der Waals surface area contributed by atoms with Crippen LogP contribution in [-0.4, -0.2) is 19.7 Å². The summed E-state index contributed by atoms with van der Waals surface area (Å²) in [5.41, 5.74) is 0. The van der Waals surface area contributed by atoms with E-state index in [4.69, 9.17) is 0 Å².